The van der Waals surface area contributed by atoms with Gasteiger partial charge < -0.3 is 5.11 Å². The summed E-state index contributed by atoms with van der Waals surface area (Å²) in [4.78, 5) is 10.3. The molecular formula is C14H28MnO2. The van der Waals surface area contributed by atoms with E-state index < -0.39 is 5.97 Å². The molecule has 0 spiro atoms. The summed E-state index contributed by atoms with van der Waals surface area (Å²) in [5.74, 6) is -0.657. The summed E-state index contributed by atoms with van der Waals surface area (Å²) in [7, 11) is 0. The first-order valence-corrected chi connectivity index (χ1v) is 6.99. The summed E-state index contributed by atoms with van der Waals surface area (Å²) in [6.07, 6.45) is 14.4. The van der Waals surface area contributed by atoms with Gasteiger partial charge in [-0.3, -0.25) is 4.79 Å². The van der Waals surface area contributed by atoms with E-state index in [1.165, 1.54) is 57.8 Å². The molecule has 0 rings (SSSR count). The predicted octanol–water partition coefficient (Wildman–Crippen LogP) is 4.77. The van der Waals surface area contributed by atoms with E-state index in [0.717, 1.165) is 12.8 Å². The summed E-state index contributed by atoms with van der Waals surface area (Å²) in [6, 6.07) is 0. The molecule has 0 aromatic rings. The first-order chi connectivity index (χ1) is 7.77. The Morgan fingerprint density at radius 2 is 1.12 bits per heavy atom. The number of carboxylic acid groups (broad SMARTS) is 1. The van der Waals surface area contributed by atoms with Gasteiger partial charge in [0.05, 0.1) is 0 Å². The second-order valence-electron chi connectivity index (χ2n) is 4.68. The zero-order valence-electron chi connectivity index (χ0n) is 11.2. The minimum atomic E-state index is -0.657. The van der Waals surface area contributed by atoms with Gasteiger partial charge in [-0.2, -0.15) is 0 Å². The Labute approximate surface area is 117 Å². The van der Waals surface area contributed by atoms with E-state index in [-0.39, 0.29) is 17.1 Å². The number of unbranched alkanes of at least 4 members (excludes halogenated alkanes) is 10. The van der Waals surface area contributed by atoms with Gasteiger partial charge in [0.2, 0.25) is 0 Å². The molecule has 0 heterocycles. The molecule has 17 heavy (non-hydrogen) atoms. The van der Waals surface area contributed by atoms with E-state index in [0.29, 0.717) is 6.42 Å². The molecule has 0 aliphatic carbocycles. The van der Waals surface area contributed by atoms with Crippen LogP contribution in [0, 0.1) is 0 Å². The maximum absolute atomic E-state index is 10.3. The molecule has 1 N–H and O–H groups in total. The molecular weight excluding hydrogens is 255 g/mol. The number of carbonyl (C=O) groups is 1. The zero-order chi connectivity index (χ0) is 12.1. The summed E-state index contributed by atoms with van der Waals surface area (Å²) in [6.45, 7) is 2.25. The Morgan fingerprint density at radius 1 is 0.765 bits per heavy atom. The van der Waals surface area contributed by atoms with Crippen molar-refractivity contribution in [2.24, 2.45) is 0 Å². The van der Waals surface area contributed by atoms with Crippen molar-refractivity contribution < 1.29 is 27.0 Å². The Bertz CT molecular complexity index is 160. The van der Waals surface area contributed by atoms with Gasteiger partial charge in [-0.15, -0.1) is 0 Å². The molecule has 1 radical (unpaired) electrons. The fourth-order valence-corrected chi connectivity index (χ4v) is 1.94. The zero-order valence-corrected chi connectivity index (χ0v) is 12.4. The average Bonchev–Trinajstić information content (AvgIpc) is 2.25. The van der Waals surface area contributed by atoms with Crippen LogP contribution in [0.2, 0.25) is 0 Å². The van der Waals surface area contributed by atoms with Crippen molar-refractivity contribution in [3.8, 4) is 0 Å². The van der Waals surface area contributed by atoms with E-state index in [1.807, 2.05) is 0 Å². The third kappa shape index (κ3) is 18.5. The predicted molar refractivity (Wildman–Crippen MR) is 68.7 cm³/mol. The van der Waals surface area contributed by atoms with Gasteiger partial charge in [-0.1, -0.05) is 71.1 Å². The summed E-state index contributed by atoms with van der Waals surface area (Å²) >= 11 is 0. The fraction of sp³-hybridized carbons (Fsp3) is 0.929. The fourth-order valence-electron chi connectivity index (χ4n) is 1.94. The van der Waals surface area contributed by atoms with Crippen molar-refractivity contribution in [3.05, 3.63) is 0 Å². The van der Waals surface area contributed by atoms with Crippen LogP contribution in [0.3, 0.4) is 0 Å². The first kappa shape index (κ1) is 19.3. The molecule has 0 saturated heterocycles. The minimum absolute atomic E-state index is 0. The standard InChI is InChI=1S/C14H28O2.Mn/c1-2-3-4-5-6-7-8-9-10-11-12-13-14(15)16;/h2-13H2,1H3,(H,15,16);. The summed E-state index contributed by atoms with van der Waals surface area (Å²) in [5.41, 5.74) is 0. The third-order valence-corrected chi connectivity index (χ3v) is 2.99. The molecule has 0 bridgehead atoms. The van der Waals surface area contributed by atoms with Crippen LogP contribution in [-0.4, -0.2) is 11.1 Å². The third-order valence-electron chi connectivity index (χ3n) is 2.99. The van der Waals surface area contributed by atoms with Crippen LogP contribution in [-0.2, 0) is 21.9 Å². The number of aliphatic carboxylic acids is 1. The second-order valence-corrected chi connectivity index (χ2v) is 4.68. The first-order valence-electron chi connectivity index (χ1n) is 6.99. The molecule has 3 heteroatoms. The van der Waals surface area contributed by atoms with Crippen LogP contribution in [0.25, 0.3) is 0 Å². The van der Waals surface area contributed by atoms with Gasteiger partial charge in [-0.05, 0) is 6.42 Å². The normalized spacial score (nSPS) is 9.94. The van der Waals surface area contributed by atoms with Crippen molar-refractivity contribution >= 4 is 5.97 Å². The van der Waals surface area contributed by atoms with Gasteiger partial charge in [0, 0.05) is 23.5 Å². The van der Waals surface area contributed by atoms with Gasteiger partial charge in [-0.25, -0.2) is 0 Å². The number of hydrogen-bond acceptors (Lipinski definition) is 1. The van der Waals surface area contributed by atoms with Crippen LogP contribution in [0.4, 0.5) is 0 Å². The van der Waals surface area contributed by atoms with Crippen LogP contribution in [0.1, 0.15) is 84.0 Å². The molecule has 0 aromatic carbocycles. The molecule has 0 fully saturated rings. The van der Waals surface area contributed by atoms with Gasteiger partial charge in [0.1, 0.15) is 0 Å². The van der Waals surface area contributed by atoms with E-state index in [1.54, 1.807) is 0 Å². The van der Waals surface area contributed by atoms with Gasteiger partial charge >= 0.3 is 5.97 Å². The Morgan fingerprint density at radius 3 is 1.47 bits per heavy atom. The van der Waals surface area contributed by atoms with Gasteiger partial charge in [0.25, 0.3) is 0 Å². The van der Waals surface area contributed by atoms with E-state index >= 15 is 0 Å². The number of rotatable bonds is 12. The SMILES string of the molecule is CCCCCCCCCCCCCC(=O)O.[Mn]. The maximum atomic E-state index is 10.3. The minimum Gasteiger partial charge on any atom is -0.481 e. The van der Waals surface area contributed by atoms with E-state index in [4.69, 9.17) is 5.11 Å². The Kier molecular flexibility index (Phi) is 18.2. The average molecular weight is 283 g/mol. The second kappa shape index (κ2) is 16.0. The molecule has 0 saturated carbocycles. The van der Waals surface area contributed by atoms with Crippen molar-refractivity contribution in [3.63, 3.8) is 0 Å². The molecule has 2 nitrogen and oxygen atoms in total. The molecule has 0 atom stereocenters. The van der Waals surface area contributed by atoms with Crippen LogP contribution in [0.15, 0.2) is 0 Å². The Hall–Kier alpha value is -0.0105. The molecule has 103 valence electrons. The molecule has 0 aliphatic heterocycles. The number of carboxylic acids is 1. The number of hydrogen-bond donors (Lipinski definition) is 1. The van der Waals surface area contributed by atoms with Crippen molar-refractivity contribution in [2.45, 2.75) is 84.0 Å². The summed E-state index contributed by atoms with van der Waals surface area (Å²) in [5, 5.41) is 8.46. The van der Waals surface area contributed by atoms with Crippen molar-refractivity contribution in [1.29, 1.82) is 0 Å². The molecule has 0 amide bonds. The Balaban J connectivity index is 0. The largest absolute Gasteiger partial charge is 0.481 e. The summed E-state index contributed by atoms with van der Waals surface area (Å²) < 4.78 is 0. The monoisotopic (exact) mass is 283 g/mol. The molecule has 0 unspecified atom stereocenters. The maximum Gasteiger partial charge on any atom is 0.303 e. The quantitative estimate of drug-likeness (QED) is 0.414. The van der Waals surface area contributed by atoms with Gasteiger partial charge in [0.15, 0.2) is 0 Å². The van der Waals surface area contributed by atoms with Crippen LogP contribution in [0.5, 0.6) is 0 Å². The molecule has 0 aliphatic rings. The smallest absolute Gasteiger partial charge is 0.303 e. The van der Waals surface area contributed by atoms with E-state index in [2.05, 4.69) is 6.92 Å². The molecule has 0 aromatic heterocycles. The van der Waals surface area contributed by atoms with Crippen LogP contribution < -0.4 is 0 Å². The van der Waals surface area contributed by atoms with Crippen molar-refractivity contribution in [1.82, 2.24) is 0 Å². The topological polar surface area (TPSA) is 37.3 Å². The van der Waals surface area contributed by atoms with Crippen LogP contribution >= 0.6 is 0 Å². The van der Waals surface area contributed by atoms with Crippen molar-refractivity contribution in [2.75, 3.05) is 0 Å². The van der Waals surface area contributed by atoms with E-state index in [9.17, 15) is 4.79 Å².